The molecule has 1 atom stereocenters. The summed E-state index contributed by atoms with van der Waals surface area (Å²) in [6.07, 6.45) is 2.96. The normalized spacial score (nSPS) is 12.2. The van der Waals surface area contributed by atoms with Crippen LogP contribution in [0.4, 0.5) is 0 Å². The van der Waals surface area contributed by atoms with E-state index in [0.717, 1.165) is 23.2 Å². The first-order chi connectivity index (χ1) is 7.20. The second kappa shape index (κ2) is 5.96. The van der Waals surface area contributed by atoms with Gasteiger partial charge in [0.25, 0.3) is 0 Å². The molecule has 82 valence electrons. The first-order valence-electron chi connectivity index (χ1n) is 5.24. The molecule has 1 nitrogen and oxygen atoms in total. The van der Waals surface area contributed by atoms with Crippen LogP contribution in [0.5, 0.6) is 5.75 Å². The van der Waals surface area contributed by atoms with Crippen molar-refractivity contribution in [1.82, 2.24) is 0 Å². The van der Waals surface area contributed by atoms with E-state index in [0.29, 0.717) is 5.92 Å². The Bertz CT molecular complexity index is 333. The average molecular weight is 269 g/mol. The zero-order valence-corrected chi connectivity index (χ0v) is 10.9. The summed E-state index contributed by atoms with van der Waals surface area (Å²) in [6.45, 7) is 8.79. The molecular weight excluding hydrogens is 252 g/mol. The number of ether oxygens (including phenoxy) is 1. The molecule has 0 amide bonds. The highest BCUT2D eigenvalue weighted by molar-refractivity contribution is 9.10. The van der Waals surface area contributed by atoms with Crippen molar-refractivity contribution in [1.29, 1.82) is 0 Å². The topological polar surface area (TPSA) is 9.23 Å². The van der Waals surface area contributed by atoms with Gasteiger partial charge in [0.15, 0.2) is 0 Å². The summed E-state index contributed by atoms with van der Waals surface area (Å²) >= 11 is 3.58. The Labute approximate surface area is 100 Å². The van der Waals surface area contributed by atoms with Gasteiger partial charge in [-0.15, -0.1) is 6.58 Å². The van der Waals surface area contributed by atoms with Crippen LogP contribution in [0.3, 0.4) is 0 Å². The Morgan fingerprint density at radius 2 is 2.27 bits per heavy atom. The largest absolute Gasteiger partial charge is 0.492 e. The highest BCUT2D eigenvalue weighted by atomic mass is 79.9. The summed E-state index contributed by atoms with van der Waals surface area (Å²) in [6, 6.07) is 6.10. The number of hydrogen-bond donors (Lipinski definition) is 0. The maximum atomic E-state index is 5.64. The highest BCUT2D eigenvalue weighted by Crippen LogP contribution is 2.33. The molecule has 15 heavy (non-hydrogen) atoms. The minimum atomic E-state index is 0.338. The lowest BCUT2D eigenvalue weighted by Gasteiger charge is -2.13. The maximum absolute atomic E-state index is 5.64. The first-order valence-corrected chi connectivity index (χ1v) is 6.03. The standard InChI is InChI=1S/C13H17BrO/c1-4-9-15-12-8-6-7-11(13(12)14)10(3)5-2/h5-8,10H,2,4,9H2,1,3H3. The average Bonchev–Trinajstić information content (AvgIpc) is 2.27. The van der Waals surface area contributed by atoms with Crippen molar-refractivity contribution >= 4 is 15.9 Å². The van der Waals surface area contributed by atoms with Crippen LogP contribution in [-0.4, -0.2) is 6.61 Å². The molecule has 1 rings (SSSR count). The molecule has 0 N–H and O–H groups in total. The monoisotopic (exact) mass is 268 g/mol. The van der Waals surface area contributed by atoms with Crippen LogP contribution < -0.4 is 4.74 Å². The minimum Gasteiger partial charge on any atom is -0.492 e. The first kappa shape index (κ1) is 12.3. The van der Waals surface area contributed by atoms with E-state index in [-0.39, 0.29) is 0 Å². The van der Waals surface area contributed by atoms with E-state index in [9.17, 15) is 0 Å². The molecule has 2 heteroatoms. The Kier molecular flexibility index (Phi) is 4.89. The lowest BCUT2D eigenvalue weighted by Crippen LogP contribution is -1.98. The Morgan fingerprint density at radius 1 is 1.53 bits per heavy atom. The molecule has 1 aromatic carbocycles. The van der Waals surface area contributed by atoms with Crippen LogP contribution in [0.2, 0.25) is 0 Å². The molecule has 0 spiro atoms. The number of halogens is 1. The summed E-state index contributed by atoms with van der Waals surface area (Å²) in [5.74, 6) is 1.26. The Hall–Kier alpha value is -0.760. The maximum Gasteiger partial charge on any atom is 0.133 e. The fourth-order valence-corrected chi connectivity index (χ4v) is 2.07. The predicted molar refractivity (Wildman–Crippen MR) is 68.5 cm³/mol. The molecule has 0 fully saturated rings. The van der Waals surface area contributed by atoms with Crippen molar-refractivity contribution in [3.63, 3.8) is 0 Å². The number of benzene rings is 1. The summed E-state index contributed by atoms with van der Waals surface area (Å²) < 4.78 is 6.69. The lowest BCUT2D eigenvalue weighted by molar-refractivity contribution is 0.315. The third kappa shape index (κ3) is 3.10. The summed E-state index contributed by atoms with van der Waals surface area (Å²) in [4.78, 5) is 0. The van der Waals surface area contributed by atoms with Crippen molar-refractivity contribution in [3.05, 3.63) is 40.9 Å². The molecule has 0 radical (unpaired) electrons. The molecular formula is C13H17BrO. The van der Waals surface area contributed by atoms with Gasteiger partial charge in [0.2, 0.25) is 0 Å². The molecule has 0 saturated carbocycles. The zero-order chi connectivity index (χ0) is 11.3. The fraction of sp³-hybridized carbons (Fsp3) is 0.385. The number of hydrogen-bond acceptors (Lipinski definition) is 1. The van der Waals surface area contributed by atoms with Crippen LogP contribution in [0.1, 0.15) is 31.7 Å². The second-order valence-electron chi connectivity index (χ2n) is 3.53. The van der Waals surface area contributed by atoms with Gasteiger partial charge >= 0.3 is 0 Å². The van der Waals surface area contributed by atoms with Gasteiger partial charge in [0.05, 0.1) is 11.1 Å². The Balaban J connectivity index is 2.94. The van der Waals surface area contributed by atoms with Crippen LogP contribution in [0, 0.1) is 0 Å². The highest BCUT2D eigenvalue weighted by Gasteiger charge is 2.10. The smallest absolute Gasteiger partial charge is 0.133 e. The van der Waals surface area contributed by atoms with Crippen molar-refractivity contribution in [3.8, 4) is 5.75 Å². The van der Waals surface area contributed by atoms with Gasteiger partial charge < -0.3 is 4.74 Å². The third-order valence-electron chi connectivity index (χ3n) is 2.30. The quantitative estimate of drug-likeness (QED) is 0.714. The fourth-order valence-electron chi connectivity index (χ4n) is 1.33. The molecule has 0 aliphatic rings. The van der Waals surface area contributed by atoms with Crippen molar-refractivity contribution in [2.45, 2.75) is 26.2 Å². The zero-order valence-electron chi connectivity index (χ0n) is 9.29. The van der Waals surface area contributed by atoms with Gasteiger partial charge in [0, 0.05) is 0 Å². The molecule has 0 bridgehead atoms. The van der Waals surface area contributed by atoms with Crippen LogP contribution in [-0.2, 0) is 0 Å². The Morgan fingerprint density at radius 3 is 2.87 bits per heavy atom. The van der Waals surface area contributed by atoms with E-state index in [1.54, 1.807) is 0 Å². The van der Waals surface area contributed by atoms with E-state index in [4.69, 9.17) is 4.74 Å². The molecule has 1 unspecified atom stereocenters. The molecule has 0 heterocycles. The van der Waals surface area contributed by atoms with Crippen molar-refractivity contribution in [2.24, 2.45) is 0 Å². The second-order valence-corrected chi connectivity index (χ2v) is 4.33. The van der Waals surface area contributed by atoms with E-state index < -0.39 is 0 Å². The van der Waals surface area contributed by atoms with Crippen molar-refractivity contribution < 1.29 is 4.74 Å². The van der Waals surface area contributed by atoms with Gasteiger partial charge in [0.1, 0.15) is 5.75 Å². The van der Waals surface area contributed by atoms with Gasteiger partial charge in [-0.25, -0.2) is 0 Å². The number of allylic oxidation sites excluding steroid dienone is 1. The van der Waals surface area contributed by atoms with Gasteiger partial charge in [-0.2, -0.15) is 0 Å². The van der Waals surface area contributed by atoms with Gasteiger partial charge in [-0.05, 0) is 39.9 Å². The van der Waals surface area contributed by atoms with Gasteiger partial charge in [-0.1, -0.05) is 32.1 Å². The predicted octanol–water partition coefficient (Wildman–Crippen LogP) is 4.53. The van der Waals surface area contributed by atoms with Crippen LogP contribution in [0.25, 0.3) is 0 Å². The molecule has 0 saturated heterocycles. The lowest BCUT2D eigenvalue weighted by atomic mass is 10.0. The third-order valence-corrected chi connectivity index (χ3v) is 3.15. The molecule has 0 aliphatic carbocycles. The summed E-state index contributed by atoms with van der Waals surface area (Å²) in [5, 5.41) is 0. The molecule has 0 aliphatic heterocycles. The number of rotatable bonds is 5. The van der Waals surface area contributed by atoms with Gasteiger partial charge in [-0.3, -0.25) is 0 Å². The SMILES string of the molecule is C=CC(C)c1cccc(OCCC)c1Br. The van der Waals surface area contributed by atoms with Crippen LogP contribution >= 0.6 is 15.9 Å². The van der Waals surface area contributed by atoms with E-state index in [1.807, 2.05) is 18.2 Å². The van der Waals surface area contributed by atoms with Crippen LogP contribution in [0.15, 0.2) is 35.3 Å². The summed E-state index contributed by atoms with van der Waals surface area (Å²) in [7, 11) is 0. The van der Waals surface area contributed by atoms with E-state index in [2.05, 4.69) is 42.4 Å². The minimum absolute atomic E-state index is 0.338. The van der Waals surface area contributed by atoms with E-state index >= 15 is 0 Å². The van der Waals surface area contributed by atoms with E-state index in [1.165, 1.54) is 5.56 Å². The molecule has 1 aromatic rings. The summed E-state index contributed by atoms with van der Waals surface area (Å²) in [5.41, 5.74) is 1.22. The molecule has 0 aromatic heterocycles. The van der Waals surface area contributed by atoms with Crippen molar-refractivity contribution in [2.75, 3.05) is 6.61 Å².